The summed E-state index contributed by atoms with van der Waals surface area (Å²) >= 11 is 8.29. The summed E-state index contributed by atoms with van der Waals surface area (Å²) in [6.07, 6.45) is 0. The lowest BCUT2D eigenvalue weighted by Crippen LogP contribution is -2.51. The van der Waals surface area contributed by atoms with Crippen molar-refractivity contribution in [2.24, 2.45) is 0 Å². The van der Waals surface area contributed by atoms with Gasteiger partial charge in [-0.2, -0.15) is 0 Å². The van der Waals surface area contributed by atoms with Crippen LogP contribution in [0.1, 0.15) is 24.2 Å². The summed E-state index contributed by atoms with van der Waals surface area (Å²) in [5, 5.41) is 0.540. The van der Waals surface area contributed by atoms with E-state index in [1.54, 1.807) is 24.1 Å². The number of rotatable bonds is 6. The van der Waals surface area contributed by atoms with E-state index < -0.39 is 0 Å². The number of benzene rings is 1. The van der Waals surface area contributed by atoms with Crippen LogP contribution in [0.25, 0.3) is 0 Å². The Bertz CT molecular complexity index is 659. The van der Waals surface area contributed by atoms with Crippen molar-refractivity contribution in [2.75, 3.05) is 52.9 Å². The molecule has 0 spiro atoms. The number of nitrogens with zero attached hydrogens (tertiary/aromatic N) is 3. The maximum atomic E-state index is 12.9. The van der Waals surface area contributed by atoms with Gasteiger partial charge in [0.15, 0.2) is 0 Å². The van der Waals surface area contributed by atoms with E-state index in [0.29, 0.717) is 49.1 Å². The first-order valence-corrected chi connectivity index (χ1v) is 10.2. The fourth-order valence-corrected chi connectivity index (χ4v) is 3.61. The fourth-order valence-electron chi connectivity index (χ4n) is 3.01. The van der Waals surface area contributed by atoms with Crippen LogP contribution in [0, 0.1) is 3.57 Å². The first-order valence-electron chi connectivity index (χ1n) is 8.73. The number of carbonyl (C=O) groups excluding carboxylic acids is 2. The zero-order valence-corrected chi connectivity index (χ0v) is 18.3. The van der Waals surface area contributed by atoms with Crippen LogP contribution in [0.15, 0.2) is 12.1 Å². The first-order chi connectivity index (χ1) is 12.4. The Labute approximate surface area is 173 Å². The molecule has 6 nitrogen and oxygen atoms in total. The number of halogens is 2. The van der Waals surface area contributed by atoms with E-state index in [1.165, 1.54) is 0 Å². The van der Waals surface area contributed by atoms with Crippen LogP contribution >= 0.6 is 34.2 Å². The second-order valence-corrected chi connectivity index (χ2v) is 7.67. The Balaban J connectivity index is 1.99. The molecule has 1 heterocycles. The predicted molar refractivity (Wildman–Crippen MR) is 111 cm³/mol. The summed E-state index contributed by atoms with van der Waals surface area (Å²) in [6.45, 7) is 8.34. The normalized spacial score (nSPS) is 15.0. The van der Waals surface area contributed by atoms with E-state index in [1.807, 2.05) is 18.7 Å². The predicted octanol–water partition coefficient (Wildman–Crippen LogP) is 2.58. The minimum atomic E-state index is -0.0881. The number of ether oxygens (including phenoxy) is 1. The minimum Gasteiger partial charge on any atom is -0.496 e. The molecule has 1 aliphatic rings. The van der Waals surface area contributed by atoms with Gasteiger partial charge in [0.1, 0.15) is 5.75 Å². The monoisotopic (exact) mass is 493 g/mol. The minimum absolute atomic E-state index is 0.0881. The SMILES string of the molecule is CCN(CC)C(=O)CN1CCN(C(=O)c2cc(Cl)c(I)cc2OC)CC1. The van der Waals surface area contributed by atoms with Gasteiger partial charge in [-0.1, -0.05) is 11.6 Å². The zero-order chi connectivity index (χ0) is 19.3. The number of hydrogen-bond donors (Lipinski definition) is 0. The number of likely N-dealkylation sites (N-methyl/N-ethyl adjacent to an activating group) is 1. The average Bonchev–Trinajstić information content (AvgIpc) is 2.64. The highest BCUT2D eigenvalue weighted by Gasteiger charge is 2.26. The highest BCUT2D eigenvalue weighted by atomic mass is 127. The van der Waals surface area contributed by atoms with Crippen molar-refractivity contribution in [2.45, 2.75) is 13.8 Å². The molecule has 2 rings (SSSR count). The maximum absolute atomic E-state index is 12.9. The van der Waals surface area contributed by atoms with Crippen molar-refractivity contribution in [1.29, 1.82) is 0 Å². The molecule has 1 aromatic rings. The van der Waals surface area contributed by atoms with Gasteiger partial charge in [0.05, 0.1) is 24.2 Å². The zero-order valence-electron chi connectivity index (χ0n) is 15.4. The van der Waals surface area contributed by atoms with Crippen molar-refractivity contribution in [3.63, 3.8) is 0 Å². The molecular formula is C18H25ClIN3O3. The topological polar surface area (TPSA) is 53.1 Å². The van der Waals surface area contributed by atoms with Crippen molar-refractivity contribution in [3.05, 3.63) is 26.3 Å². The Morgan fingerprint density at radius 1 is 1.19 bits per heavy atom. The lowest BCUT2D eigenvalue weighted by molar-refractivity contribution is -0.132. The quantitative estimate of drug-likeness (QED) is 0.572. The van der Waals surface area contributed by atoms with Crippen molar-refractivity contribution in [3.8, 4) is 5.75 Å². The van der Waals surface area contributed by atoms with Gasteiger partial charge in [-0.05, 0) is 48.6 Å². The maximum Gasteiger partial charge on any atom is 0.257 e. The van der Waals surface area contributed by atoms with Gasteiger partial charge in [-0.3, -0.25) is 14.5 Å². The van der Waals surface area contributed by atoms with Crippen molar-refractivity contribution >= 4 is 46.0 Å². The molecule has 1 aliphatic heterocycles. The van der Waals surface area contributed by atoms with Crippen molar-refractivity contribution in [1.82, 2.24) is 14.7 Å². The number of piperazine rings is 1. The van der Waals surface area contributed by atoms with Gasteiger partial charge >= 0.3 is 0 Å². The third-order valence-electron chi connectivity index (χ3n) is 4.61. The van der Waals surface area contributed by atoms with Gasteiger partial charge in [0.25, 0.3) is 5.91 Å². The molecule has 26 heavy (non-hydrogen) atoms. The molecular weight excluding hydrogens is 469 g/mol. The Hall–Kier alpha value is -1.06. The highest BCUT2D eigenvalue weighted by Crippen LogP contribution is 2.29. The number of methoxy groups -OCH3 is 1. The van der Waals surface area contributed by atoms with Crippen LogP contribution in [-0.2, 0) is 4.79 Å². The van der Waals surface area contributed by atoms with Crippen LogP contribution in [-0.4, -0.2) is 79.4 Å². The molecule has 0 radical (unpaired) electrons. The molecule has 0 N–H and O–H groups in total. The lowest BCUT2D eigenvalue weighted by Gasteiger charge is -2.35. The molecule has 0 aromatic heterocycles. The second-order valence-electron chi connectivity index (χ2n) is 6.10. The molecule has 0 unspecified atom stereocenters. The van der Waals surface area contributed by atoms with Crippen LogP contribution in [0.4, 0.5) is 0 Å². The van der Waals surface area contributed by atoms with E-state index in [2.05, 4.69) is 27.5 Å². The van der Waals surface area contributed by atoms with Gasteiger partial charge < -0.3 is 14.5 Å². The van der Waals surface area contributed by atoms with Gasteiger partial charge in [0, 0.05) is 42.8 Å². The molecule has 1 fully saturated rings. The lowest BCUT2D eigenvalue weighted by atomic mass is 10.1. The van der Waals surface area contributed by atoms with Crippen molar-refractivity contribution < 1.29 is 14.3 Å². The highest BCUT2D eigenvalue weighted by molar-refractivity contribution is 14.1. The van der Waals surface area contributed by atoms with E-state index in [9.17, 15) is 9.59 Å². The molecule has 0 atom stereocenters. The van der Waals surface area contributed by atoms with Crippen LogP contribution in [0.5, 0.6) is 5.75 Å². The average molecular weight is 494 g/mol. The molecule has 0 bridgehead atoms. The molecule has 0 saturated carbocycles. The van der Waals surface area contributed by atoms with Gasteiger partial charge in [-0.25, -0.2) is 0 Å². The summed E-state index contributed by atoms with van der Waals surface area (Å²) in [7, 11) is 1.55. The number of carbonyl (C=O) groups is 2. The smallest absolute Gasteiger partial charge is 0.257 e. The molecule has 1 aromatic carbocycles. The van der Waals surface area contributed by atoms with Crippen LogP contribution < -0.4 is 4.74 Å². The van der Waals surface area contributed by atoms with E-state index in [-0.39, 0.29) is 11.8 Å². The summed E-state index contributed by atoms with van der Waals surface area (Å²) in [4.78, 5) is 30.8. The van der Waals surface area contributed by atoms with E-state index in [0.717, 1.165) is 16.7 Å². The fraction of sp³-hybridized carbons (Fsp3) is 0.556. The molecule has 0 aliphatic carbocycles. The third-order valence-corrected chi connectivity index (χ3v) is 6.13. The third kappa shape index (κ3) is 5.01. The second kappa shape index (κ2) is 9.75. The molecule has 8 heteroatoms. The summed E-state index contributed by atoms with van der Waals surface area (Å²) in [5.41, 5.74) is 0.477. The molecule has 1 saturated heterocycles. The Morgan fingerprint density at radius 3 is 2.35 bits per heavy atom. The number of amides is 2. The summed E-state index contributed by atoms with van der Waals surface area (Å²) in [6, 6.07) is 3.44. The molecule has 144 valence electrons. The Kier molecular flexibility index (Phi) is 7.97. The van der Waals surface area contributed by atoms with Crippen LogP contribution in [0.3, 0.4) is 0 Å². The van der Waals surface area contributed by atoms with Gasteiger partial charge in [-0.15, -0.1) is 0 Å². The summed E-state index contributed by atoms with van der Waals surface area (Å²) < 4.78 is 6.19. The standard InChI is InChI=1S/C18H25ClIN3O3/c1-4-22(5-2)17(24)12-21-6-8-23(9-7-21)18(25)13-10-14(19)15(20)11-16(13)26-3/h10-11H,4-9,12H2,1-3H3. The van der Waals surface area contributed by atoms with E-state index >= 15 is 0 Å². The molecule has 2 amide bonds. The Morgan fingerprint density at radius 2 is 1.81 bits per heavy atom. The summed E-state index contributed by atoms with van der Waals surface area (Å²) in [5.74, 6) is 0.582. The largest absolute Gasteiger partial charge is 0.496 e. The van der Waals surface area contributed by atoms with E-state index in [4.69, 9.17) is 16.3 Å². The number of hydrogen-bond acceptors (Lipinski definition) is 4. The first kappa shape index (κ1) is 21.2. The van der Waals surface area contributed by atoms with Crippen LogP contribution in [0.2, 0.25) is 5.02 Å². The van der Waals surface area contributed by atoms with Gasteiger partial charge in [0.2, 0.25) is 5.91 Å².